The SMILES string of the molecule is NC(=O)[C@H]1CCCCN1C(=O)CN1CCN(S(=O)(=O)c2ccccc2F)CC1. The van der Waals surface area contributed by atoms with E-state index in [-0.39, 0.29) is 30.4 Å². The second-order valence-corrected chi connectivity index (χ2v) is 9.02. The van der Waals surface area contributed by atoms with Crippen LogP contribution < -0.4 is 5.73 Å². The van der Waals surface area contributed by atoms with Crippen molar-refractivity contribution in [2.45, 2.75) is 30.2 Å². The van der Waals surface area contributed by atoms with E-state index in [9.17, 15) is 22.4 Å². The summed E-state index contributed by atoms with van der Waals surface area (Å²) >= 11 is 0. The summed E-state index contributed by atoms with van der Waals surface area (Å²) in [6.07, 6.45) is 2.28. The van der Waals surface area contributed by atoms with E-state index in [1.165, 1.54) is 27.4 Å². The highest BCUT2D eigenvalue weighted by Gasteiger charge is 2.34. The molecule has 0 spiro atoms. The van der Waals surface area contributed by atoms with Crippen molar-refractivity contribution in [2.24, 2.45) is 5.73 Å². The van der Waals surface area contributed by atoms with E-state index in [1.54, 1.807) is 0 Å². The van der Waals surface area contributed by atoms with Crippen molar-refractivity contribution < 1.29 is 22.4 Å². The van der Waals surface area contributed by atoms with Gasteiger partial charge in [0.2, 0.25) is 21.8 Å². The largest absolute Gasteiger partial charge is 0.368 e. The Hall–Kier alpha value is -2.04. The molecule has 2 amide bonds. The number of hydrogen-bond donors (Lipinski definition) is 1. The first-order valence-corrected chi connectivity index (χ1v) is 10.8. The second kappa shape index (κ2) is 8.54. The first-order chi connectivity index (χ1) is 13.3. The quantitative estimate of drug-likeness (QED) is 0.733. The summed E-state index contributed by atoms with van der Waals surface area (Å²) in [6.45, 7) is 1.67. The highest BCUT2D eigenvalue weighted by Crippen LogP contribution is 2.21. The number of sulfonamides is 1. The lowest BCUT2D eigenvalue weighted by Crippen LogP contribution is -2.55. The summed E-state index contributed by atoms with van der Waals surface area (Å²) in [5.74, 6) is -1.44. The van der Waals surface area contributed by atoms with Gasteiger partial charge in [0.1, 0.15) is 16.8 Å². The molecule has 2 N–H and O–H groups in total. The number of hydrogen-bond acceptors (Lipinski definition) is 5. The fourth-order valence-electron chi connectivity index (χ4n) is 3.73. The Morgan fingerprint density at radius 3 is 2.39 bits per heavy atom. The summed E-state index contributed by atoms with van der Waals surface area (Å²) < 4.78 is 40.4. The van der Waals surface area contributed by atoms with Gasteiger partial charge in [-0.15, -0.1) is 0 Å². The number of rotatable bonds is 5. The fourth-order valence-corrected chi connectivity index (χ4v) is 5.22. The zero-order valence-electron chi connectivity index (χ0n) is 15.6. The summed E-state index contributed by atoms with van der Waals surface area (Å²) in [6, 6.07) is 4.73. The number of carbonyl (C=O) groups excluding carboxylic acids is 2. The van der Waals surface area contributed by atoms with E-state index in [0.29, 0.717) is 26.1 Å². The number of nitrogens with two attached hydrogens (primary N) is 1. The van der Waals surface area contributed by atoms with Crippen LogP contribution in [0.15, 0.2) is 29.2 Å². The smallest absolute Gasteiger partial charge is 0.246 e. The molecule has 2 saturated heterocycles. The lowest BCUT2D eigenvalue weighted by atomic mass is 10.0. The number of primary amides is 1. The standard InChI is InChI=1S/C18H25FN4O4S/c19-14-5-1-2-7-16(14)28(26,27)22-11-9-21(10-12-22)13-17(24)23-8-4-3-6-15(23)18(20)25/h1-2,5,7,15H,3-4,6,8-13H2,(H2,20,25)/t15-/m1/s1. The van der Waals surface area contributed by atoms with Gasteiger partial charge in [-0.1, -0.05) is 12.1 Å². The molecule has 154 valence electrons. The van der Waals surface area contributed by atoms with Gasteiger partial charge in [-0.25, -0.2) is 12.8 Å². The van der Waals surface area contributed by atoms with Gasteiger partial charge in [-0.05, 0) is 31.4 Å². The van der Waals surface area contributed by atoms with E-state index in [1.807, 2.05) is 4.90 Å². The molecule has 0 radical (unpaired) electrons. The predicted octanol–water partition coefficient (Wildman–Crippen LogP) is -0.00160. The Kier molecular flexibility index (Phi) is 6.31. The van der Waals surface area contributed by atoms with Crippen molar-refractivity contribution >= 4 is 21.8 Å². The number of amides is 2. The van der Waals surface area contributed by atoms with Crippen LogP contribution in [0.1, 0.15) is 19.3 Å². The molecule has 0 aliphatic carbocycles. The number of likely N-dealkylation sites (tertiary alicyclic amines) is 1. The maximum atomic E-state index is 13.9. The normalized spacial score (nSPS) is 22.2. The molecule has 2 aliphatic heterocycles. The first kappa shape index (κ1) is 20.7. The van der Waals surface area contributed by atoms with Gasteiger partial charge >= 0.3 is 0 Å². The maximum absolute atomic E-state index is 13.9. The van der Waals surface area contributed by atoms with Crippen molar-refractivity contribution in [3.63, 3.8) is 0 Å². The van der Waals surface area contributed by atoms with Crippen LogP contribution >= 0.6 is 0 Å². The van der Waals surface area contributed by atoms with Crippen molar-refractivity contribution in [3.8, 4) is 0 Å². The first-order valence-electron chi connectivity index (χ1n) is 9.36. The fraction of sp³-hybridized carbons (Fsp3) is 0.556. The van der Waals surface area contributed by atoms with Gasteiger partial charge in [0.25, 0.3) is 0 Å². The third kappa shape index (κ3) is 4.34. The van der Waals surface area contributed by atoms with Crippen LogP contribution in [0.4, 0.5) is 4.39 Å². The van der Waals surface area contributed by atoms with Gasteiger partial charge in [0.15, 0.2) is 0 Å². The molecule has 3 rings (SSSR count). The van der Waals surface area contributed by atoms with Gasteiger partial charge < -0.3 is 10.6 Å². The zero-order chi connectivity index (χ0) is 20.3. The van der Waals surface area contributed by atoms with Crippen LogP contribution in [0.25, 0.3) is 0 Å². The highest BCUT2D eigenvalue weighted by atomic mass is 32.2. The molecule has 28 heavy (non-hydrogen) atoms. The molecule has 2 fully saturated rings. The summed E-state index contributed by atoms with van der Waals surface area (Å²) in [5, 5.41) is 0. The Balaban J connectivity index is 1.59. The van der Waals surface area contributed by atoms with Crippen molar-refractivity contribution in [3.05, 3.63) is 30.1 Å². The van der Waals surface area contributed by atoms with E-state index in [2.05, 4.69) is 0 Å². The van der Waals surface area contributed by atoms with Crippen LogP contribution in [0, 0.1) is 5.82 Å². The Morgan fingerprint density at radius 1 is 1.07 bits per heavy atom. The van der Waals surface area contributed by atoms with Crippen LogP contribution in [-0.4, -0.2) is 79.6 Å². The van der Waals surface area contributed by atoms with Gasteiger partial charge in [-0.3, -0.25) is 14.5 Å². The minimum absolute atomic E-state index is 0.108. The lowest BCUT2D eigenvalue weighted by molar-refractivity contribution is -0.142. The average Bonchev–Trinajstić information content (AvgIpc) is 2.68. The third-order valence-electron chi connectivity index (χ3n) is 5.30. The number of piperazine rings is 1. The molecule has 1 aromatic rings. The molecule has 8 nitrogen and oxygen atoms in total. The van der Waals surface area contributed by atoms with Gasteiger partial charge in [0, 0.05) is 32.7 Å². The second-order valence-electron chi connectivity index (χ2n) is 7.11. The molecule has 0 aromatic heterocycles. The molecule has 0 bridgehead atoms. The Labute approximate surface area is 164 Å². The molecule has 2 heterocycles. The molecule has 0 saturated carbocycles. The monoisotopic (exact) mass is 412 g/mol. The van der Waals surface area contributed by atoms with Gasteiger partial charge in [-0.2, -0.15) is 4.31 Å². The summed E-state index contributed by atoms with van der Waals surface area (Å²) in [7, 11) is -3.91. The van der Waals surface area contributed by atoms with Crippen LogP contribution in [0.2, 0.25) is 0 Å². The van der Waals surface area contributed by atoms with Crippen molar-refractivity contribution in [1.82, 2.24) is 14.1 Å². The molecule has 0 unspecified atom stereocenters. The molecule has 2 aliphatic rings. The molecular weight excluding hydrogens is 387 g/mol. The molecule has 1 atom stereocenters. The molecule has 10 heteroatoms. The Bertz CT molecular complexity index is 840. The number of halogens is 1. The van der Waals surface area contributed by atoms with Crippen molar-refractivity contribution in [2.75, 3.05) is 39.3 Å². The molecular formula is C18H25FN4O4S. The topological polar surface area (TPSA) is 104 Å². The zero-order valence-corrected chi connectivity index (χ0v) is 16.4. The maximum Gasteiger partial charge on any atom is 0.246 e. The van der Waals surface area contributed by atoms with Crippen LogP contribution in [0.3, 0.4) is 0 Å². The lowest BCUT2D eigenvalue weighted by Gasteiger charge is -2.37. The van der Waals surface area contributed by atoms with E-state index in [4.69, 9.17) is 5.73 Å². The van der Waals surface area contributed by atoms with Crippen molar-refractivity contribution in [1.29, 1.82) is 0 Å². The van der Waals surface area contributed by atoms with Crippen LogP contribution in [0.5, 0.6) is 0 Å². The predicted molar refractivity (Wildman–Crippen MR) is 100 cm³/mol. The minimum atomic E-state index is -3.91. The number of nitrogens with zero attached hydrogens (tertiary/aromatic N) is 3. The van der Waals surface area contributed by atoms with Gasteiger partial charge in [0.05, 0.1) is 6.54 Å². The van der Waals surface area contributed by atoms with E-state index >= 15 is 0 Å². The average molecular weight is 412 g/mol. The molecule has 1 aromatic carbocycles. The number of piperidine rings is 1. The number of benzene rings is 1. The number of carbonyl (C=O) groups is 2. The summed E-state index contributed by atoms with van der Waals surface area (Å²) in [5.41, 5.74) is 5.41. The van der Waals surface area contributed by atoms with E-state index < -0.39 is 27.8 Å². The third-order valence-corrected chi connectivity index (χ3v) is 7.23. The summed E-state index contributed by atoms with van der Waals surface area (Å²) in [4.78, 5) is 27.3. The highest BCUT2D eigenvalue weighted by molar-refractivity contribution is 7.89. The Morgan fingerprint density at radius 2 is 1.75 bits per heavy atom. The van der Waals surface area contributed by atoms with E-state index in [0.717, 1.165) is 18.9 Å². The minimum Gasteiger partial charge on any atom is -0.368 e. The van der Waals surface area contributed by atoms with Crippen LogP contribution in [-0.2, 0) is 19.6 Å².